The molecule has 0 spiro atoms. The van der Waals surface area contributed by atoms with Gasteiger partial charge in [-0.1, -0.05) is 18.2 Å². The van der Waals surface area contributed by atoms with Gasteiger partial charge in [0.1, 0.15) is 5.69 Å². The monoisotopic (exact) mass is 341 g/mol. The SMILES string of the molecule is NC(=O)c1[nH]nc2c1CCc1cnc(-c3cnc4ccccc4c3)cc1-2. The van der Waals surface area contributed by atoms with E-state index in [0.717, 1.165) is 57.4 Å². The molecule has 1 aliphatic rings. The molecule has 1 aliphatic carbocycles. The molecule has 0 radical (unpaired) electrons. The molecule has 0 atom stereocenters. The maximum Gasteiger partial charge on any atom is 0.267 e. The number of aryl methyl sites for hydroxylation is 1. The first kappa shape index (κ1) is 14.8. The quantitative estimate of drug-likeness (QED) is 0.586. The van der Waals surface area contributed by atoms with Crippen LogP contribution in [0, 0.1) is 0 Å². The van der Waals surface area contributed by atoms with Gasteiger partial charge in [0.25, 0.3) is 5.91 Å². The highest BCUT2D eigenvalue weighted by atomic mass is 16.1. The van der Waals surface area contributed by atoms with E-state index in [-0.39, 0.29) is 0 Å². The number of fused-ring (bicyclic) bond motifs is 4. The van der Waals surface area contributed by atoms with Crippen LogP contribution in [0.4, 0.5) is 0 Å². The maximum absolute atomic E-state index is 11.6. The number of carbonyl (C=O) groups excluding carboxylic acids is 1. The van der Waals surface area contributed by atoms with Crippen LogP contribution in [-0.4, -0.2) is 26.1 Å². The number of nitrogens with one attached hydrogen (secondary N) is 1. The lowest BCUT2D eigenvalue weighted by molar-refractivity contribution is 0.0994. The van der Waals surface area contributed by atoms with Crippen molar-refractivity contribution in [3.05, 3.63) is 65.6 Å². The van der Waals surface area contributed by atoms with Gasteiger partial charge in [-0.05, 0) is 36.6 Å². The Labute approximate surface area is 149 Å². The van der Waals surface area contributed by atoms with E-state index in [1.165, 1.54) is 0 Å². The highest BCUT2D eigenvalue weighted by Crippen LogP contribution is 2.35. The van der Waals surface area contributed by atoms with E-state index >= 15 is 0 Å². The number of primary amides is 1. The molecule has 5 rings (SSSR count). The topological polar surface area (TPSA) is 97.6 Å². The number of rotatable bonds is 2. The molecular weight excluding hydrogens is 326 g/mol. The average Bonchev–Trinajstić information content (AvgIpc) is 3.12. The van der Waals surface area contributed by atoms with Crippen molar-refractivity contribution in [2.75, 3.05) is 0 Å². The minimum atomic E-state index is -0.477. The van der Waals surface area contributed by atoms with Crippen LogP contribution in [0.2, 0.25) is 0 Å². The molecule has 6 heteroatoms. The molecule has 1 amide bonds. The number of H-pyrrole nitrogens is 1. The molecule has 4 aromatic rings. The molecule has 3 heterocycles. The van der Waals surface area contributed by atoms with Crippen molar-refractivity contribution >= 4 is 16.8 Å². The third-order valence-corrected chi connectivity index (χ3v) is 4.89. The van der Waals surface area contributed by atoms with Gasteiger partial charge in [0.2, 0.25) is 0 Å². The minimum absolute atomic E-state index is 0.399. The Morgan fingerprint density at radius 1 is 1.08 bits per heavy atom. The summed E-state index contributed by atoms with van der Waals surface area (Å²) in [5, 5.41) is 8.19. The summed E-state index contributed by atoms with van der Waals surface area (Å²) in [5.41, 5.74) is 12.4. The second kappa shape index (κ2) is 5.49. The van der Waals surface area contributed by atoms with Crippen molar-refractivity contribution in [1.82, 2.24) is 20.2 Å². The van der Waals surface area contributed by atoms with Crippen molar-refractivity contribution in [2.45, 2.75) is 12.8 Å². The normalized spacial score (nSPS) is 12.6. The van der Waals surface area contributed by atoms with Gasteiger partial charge < -0.3 is 5.73 Å². The average molecular weight is 341 g/mol. The summed E-state index contributed by atoms with van der Waals surface area (Å²) in [6.45, 7) is 0. The van der Waals surface area contributed by atoms with Gasteiger partial charge in [0.15, 0.2) is 0 Å². The lowest BCUT2D eigenvalue weighted by atomic mass is 9.89. The Morgan fingerprint density at radius 3 is 2.85 bits per heavy atom. The number of nitrogens with zero attached hydrogens (tertiary/aromatic N) is 3. The van der Waals surface area contributed by atoms with Gasteiger partial charge in [-0.25, -0.2) is 0 Å². The van der Waals surface area contributed by atoms with Crippen molar-refractivity contribution in [3.8, 4) is 22.5 Å². The van der Waals surface area contributed by atoms with Crippen LogP contribution in [0.15, 0.2) is 48.8 Å². The van der Waals surface area contributed by atoms with Crippen molar-refractivity contribution in [1.29, 1.82) is 0 Å². The van der Waals surface area contributed by atoms with Crippen molar-refractivity contribution in [3.63, 3.8) is 0 Å². The molecular formula is C20H15N5O. The second-order valence-corrected chi connectivity index (χ2v) is 6.43. The fourth-order valence-corrected chi connectivity index (χ4v) is 3.57. The van der Waals surface area contributed by atoms with Gasteiger partial charge in [0, 0.05) is 34.5 Å². The lowest BCUT2D eigenvalue weighted by Crippen LogP contribution is -2.15. The molecule has 0 saturated heterocycles. The fraction of sp³-hybridized carbons (Fsp3) is 0.100. The van der Waals surface area contributed by atoms with E-state index in [2.05, 4.69) is 26.2 Å². The fourth-order valence-electron chi connectivity index (χ4n) is 3.57. The second-order valence-electron chi connectivity index (χ2n) is 6.43. The third kappa shape index (κ3) is 2.19. The highest BCUT2D eigenvalue weighted by Gasteiger charge is 2.25. The number of pyridine rings is 2. The molecule has 0 saturated carbocycles. The number of hydrogen-bond acceptors (Lipinski definition) is 4. The molecule has 1 aromatic carbocycles. The first-order valence-corrected chi connectivity index (χ1v) is 8.42. The number of hydrogen-bond donors (Lipinski definition) is 2. The number of aromatic amines is 1. The van der Waals surface area contributed by atoms with Gasteiger partial charge in [0.05, 0.1) is 16.9 Å². The van der Waals surface area contributed by atoms with Crippen molar-refractivity contribution < 1.29 is 4.79 Å². The third-order valence-electron chi connectivity index (χ3n) is 4.89. The van der Waals surface area contributed by atoms with E-state index < -0.39 is 5.91 Å². The number of para-hydroxylation sites is 1. The van der Waals surface area contributed by atoms with Crippen LogP contribution >= 0.6 is 0 Å². The minimum Gasteiger partial charge on any atom is -0.364 e. The van der Waals surface area contributed by atoms with Crippen molar-refractivity contribution in [2.24, 2.45) is 5.73 Å². The van der Waals surface area contributed by atoms with Gasteiger partial charge in [-0.2, -0.15) is 5.10 Å². The van der Waals surface area contributed by atoms with Crippen LogP contribution in [0.25, 0.3) is 33.4 Å². The maximum atomic E-state index is 11.6. The van der Waals surface area contributed by atoms with Gasteiger partial charge >= 0.3 is 0 Å². The lowest BCUT2D eigenvalue weighted by Gasteiger charge is -2.16. The summed E-state index contributed by atoms with van der Waals surface area (Å²) in [4.78, 5) is 20.7. The number of benzene rings is 1. The van der Waals surface area contributed by atoms with Gasteiger partial charge in [-0.3, -0.25) is 19.9 Å². The standard InChI is InChI=1S/C20H15N5O/c21-20(26)19-14-6-5-12-9-23-17(8-15(12)18(14)24-25-19)13-7-11-3-1-2-4-16(11)22-10-13/h1-4,7-10H,5-6H2,(H2,21,26)(H,24,25). The number of nitrogens with two attached hydrogens (primary N) is 1. The molecule has 126 valence electrons. The Hall–Kier alpha value is -3.54. The summed E-state index contributed by atoms with van der Waals surface area (Å²) in [7, 11) is 0. The van der Waals surface area contributed by atoms with Crippen LogP contribution in [0.5, 0.6) is 0 Å². The van der Waals surface area contributed by atoms with Crippen LogP contribution < -0.4 is 5.73 Å². The molecule has 0 fully saturated rings. The molecule has 3 N–H and O–H groups in total. The molecule has 6 nitrogen and oxygen atoms in total. The molecule has 0 aliphatic heterocycles. The Balaban J connectivity index is 1.65. The van der Waals surface area contributed by atoms with E-state index in [9.17, 15) is 4.79 Å². The Bertz CT molecular complexity index is 1180. The smallest absolute Gasteiger partial charge is 0.267 e. The molecule has 0 bridgehead atoms. The molecule has 3 aromatic heterocycles. The molecule has 0 unspecified atom stereocenters. The Kier molecular flexibility index (Phi) is 3.12. The number of amides is 1. The van der Waals surface area contributed by atoms with Gasteiger partial charge in [-0.15, -0.1) is 0 Å². The first-order chi connectivity index (χ1) is 12.7. The van der Waals surface area contributed by atoms with Crippen LogP contribution in [0.1, 0.15) is 21.6 Å². The number of carbonyl (C=O) groups is 1. The van der Waals surface area contributed by atoms with E-state index in [1.807, 2.05) is 42.7 Å². The highest BCUT2D eigenvalue weighted by molar-refractivity contribution is 5.95. The summed E-state index contributed by atoms with van der Waals surface area (Å²) in [6, 6.07) is 12.1. The predicted octanol–water partition coefficient (Wildman–Crippen LogP) is 2.88. The summed E-state index contributed by atoms with van der Waals surface area (Å²) in [6.07, 6.45) is 5.27. The number of aromatic nitrogens is 4. The van der Waals surface area contributed by atoms with Crippen LogP contribution in [-0.2, 0) is 12.8 Å². The molecule has 26 heavy (non-hydrogen) atoms. The van der Waals surface area contributed by atoms with E-state index in [1.54, 1.807) is 0 Å². The van der Waals surface area contributed by atoms with E-state index in [4.69, 9.17) is 5.73 Å². The van der Waals surface area contributed by atoms with Crippen LogP contribution in [0.3, 0.4) is 0 Å². The van der Waals surface area contributed by atoms with E-state index in [0.29, 0.717) is 5.69 Å². The summed E-state index contributed by atoms with van der Waals surface area (Å²) >= 11 is 0. The largest absolute Gasteiger partial charge is 0.364 e. The first-order valence-electron chi connectivity index (χ1n) is 8.42. The zero-order valence-electron chi connectivity index (χ0n) is 13.9. The zero-order valence-corrected chi connectivity index (χ0v) is 13.9. The zero-order chi connectivity index (χ0) is 17.7. The summed E-state index contributed by atoms with van der Waals surface area (Å²) < 4.78 is 0. The Morgan fingerprint density at radius 2 is 1.96 bits per heavy atom. The predicted molar refractivity (Wildman–Crippen MR) is 98.5 cm³/mol. The summed E-state index contributed by atoms with van der Waals surface area (Å²) in [5.74, 6) is -0.477.